The minimum absolute atomic E-state index is 0.0883. The van der Waals surface area contributed by atoms with E-state index in [1.807, 2.05) is 32.0 Å². The van der Waals surface area contributed by atoms with Gasteiger partial charge in [-0.1, -0.05) is 41.9 Å². The lowest BCUT2D eigenvalue weighted by atomic mass is 10.0. The molecule has 0 saturated heterocycles. The Morgan fingerprint density at radius 2 is 1.90 bits per heavy atom. The van der Waals surface area contributed by atoms with E-state index in [0.29, 0.717) is 27.8 Å². The Kier molecular flexibility index (Phi) is 6.67. The Morgan fingerprint density at radius 1 is 1.13 bits per heavy atom. The van der Waals surface area contributed by atoms with Gasteiger partial charge in [0.15, 0.2) is 11.6 Å². The number of amides is 1. The number of primary amides is 1. The molecule has 31 heavy (non-hydrogen) atoms. The minimum atomic E-state index is -0.525. The van der Waals surface area contributed by atoms with Crippen LogP contribution in [-0.2, 0) is 11.2 Å². The molecule has 0 unspecified atom stereocenters. The molecule has 7 nitrogen and oxygen atoms in total. The number of halogens is 1. The number of allylic oxidation sites excluding steroid dienone is 1. The van der Waals surface area contributed by atoms with Crippen LogP contribution < -0.4 is 16.4 Å². The number of ketones is 1. The topological polar surface area (TPSA) is 110 Å². The van der Waals surface area contributed by atoms with Gasteiger partial charge in [0.1, 0.15) is 5.02 Å². The van der Waals surface area contributed by atoms with Crippen LogP contribution in [0.5, 0.6) is 0 Å². The molecule has 1 aromatic heterocycles. The number of nitrogens with zero attached hydrogens (tertiary/aromatic N) is 2. The molecule has 158 valence electrons. The van der Waals surface area contributed by atoms with Crippen molar-refractivity contribution in [3.63, 3.8) is 0 Å². The Hall–Kier alpha value is -3.71. The van der Waals surface area contributed by atoms with Crippen molar-refractivity contribution in [3.8, 4) is 0 Å². The van der Waals surface area contributed by atoms with Gasteiger partial charge in [0, 0.05) is 23.4 Å². The number of hydrogen-bond donors (Lipinski definition) is 3. The van der Waals surface area contributed by atoms with Gasteiger partial charge >= 0.3 is 0 Å². The first kappa shape index (κ1) is 22.0. The summed E-state index contributed by atoms with van der Waals surface area (Å²) in [5.41, 5.74) is 9.82. The summed E-state index contributed by atoms with van der Waals surface area (Å²) in [6.07, 6.45) is 2.98. The van der Waals surface area contributed by atoms with Crippen LogP contribution in [0, 0.1) is 13.8 Å². The molecule has 1 amide bonds. The molecule has 0 aliphatic rings. The zero-order valence-corrected chi connectivity index (χ0v) is 18.0. The van der Waals surface area contributed by atoms with Gasteiger partial charge in [0.05, 0.1) is 6.20 Å². The van der Waals surface area contributed by atoms with Crippen LogP contribution in [0.25, 0.3) is 0 Å². The molecule has 1 heterocycles. The molecular weight excluding hydrogens is 414 g/mol. The van der Waals surface area contributed by atoms with Gasteiger partial charge in [-0.3, -0.25) is 9.59 Å². The van der Waals surface area contributed by atoms with E-state index < -0.39 is 5.91 Å². The maximum Gasteiger partial charge on any atom is 0.248 e. The maximum atomic E-state index is 11.9. The summed E-state index contributed by atoms with van der Waals surface area (Å²) in [6.45, 7) is 7.37. The SMILES string of the molecule is C=CC(=O)Cc1cc(C)ccc1Nc1nc(Nc2cc(C(N)=O)ccc2C)ncc1Cl. The summed E-state index contributed by atoms with van der Waals surface area (Å²) < 4.78 is 0. The third-order valence-corrected chi connectivity index (χ3v) is 4.90. The van der Waals surface area contributed by atoms with Crippen molar-refractivity contribution in [1.29, 1.82) is 0 Å². The summed E-state index contributed by atoms with van der Waals surface area (Å²) in [6, 6.07) is 10.8. The van der Waals surface area contributed by atoms with E-state index in [4.69, 9.17) is 17.3 Å². The standard InChI is InChI=1S/C23H22ClN5O2/c1-4-17(30)10-16-9-13(2)5-8-19(16)27-22-18(24)12-26-23(29-22)28-20-11-15(21(25)31)7-6-14(20)3/h4-9,11-12H,1,10H2,2-3H3,(H2,25,31)(H2,26,27,28,29). The lowest BCUT2D eigenvalue weighted by molar-refractivity contribution is -0.114. The number of hydrogen-bond acceptors (Lipinski definition) is 6. The fourth-order valence-corrected chi connectivity index (χ4v) is 3.06. The Morgan fingerprint density at radius 3 is 2.61 bits per heavy atom. The molecule has 0 radical (unpaired) electrons. The van der Waals surface area contributed by atoms with Gasteiger partial charge in [-0.25, -0.2) is 4.98 Å². The van der Waals surface area contributed by atoms with Crippen molar-refractivity contribution in [2.45, 2.75) is 20.3 Å². The smallest absolute Gasteiger partial charge is 0.248 e. The van der Waals surface area contributed by atoms with Gasteiger partial charge < -0.3 is 16.4 Å². The number of nitrogens with one attached hydrogen (secondary N) is 2. The summed E-state index contributed by atoms with van der Waals surface area (Å²) >= 11 is 6.30. The second-order valence-corrected chi connectivity index (χ2v) is 7.45. The number of carbonyl (C=O) groups excluding carboxylic acids is 2. The highest BCUT2D eigenvalue weighted by Crippen LogP contribution is 2.28. The highest BCUT2D eigenvalue weighted by atomic mass is 35.5. The van der Waals surface area contributed by atoms with E-state index >= 15 is 0 Å². The fraction of sp³-hybridized carbons (Fsp3) is 0.130. The van der Waals surface area contributed by atoms with Crippen molar-refractivity contribution in [2.24, 2.45) is 5.73 Å². The molecule has 0 atom stereocenters. The zero-order valence-electron chi connectivity index (χ0n) is 17.2. The molecule has 3 aromatic rings. The molecular formula is C23H22ClN5O2. The van der Waals surface area contributed by atoms with Crippen LogP contribution in [0.4, 0.5) is 23.1 Å². The lowest BCUT2D eigenvalue weighted by Crippen LogP contribution is -2.11. The van der Waals surface area contributed by atoms with Crippen molar-refractivity contribution < 1.29 is 9.59 Å². The van der Waals surface area contributed by atoms with Gasteiger partial charge in [0.25, 0.3) is 0 Å². The van der Waals surface area contributed by atoms with E-state index in [1.54, 1.807) is 18.2 Å². The van der Waals surface area contributed by atoms with Gasteiger partial charge in [-0.15, -0.1) is 0 Å². The van der Waals surface area contributed by atoms with Crippen molar-refractivity contribution in [3.05, 3.63) is 82.5 Å². The van der Waals surface area contributed by atoms with Crippen molar-refractivity contribution in [1.82, 2.24) is 9.97 Å². The van der Waals surface area contributed by atoms with E-state index in [1.165, 1.54) is 12.3 Å². The van der Waals surface area contributed by atoms with Gasteiger partial charge in [-0.05, 0) is 49.2 Å². The average Bonchev–Trinajstić information content (AvgIpc) is 2.73. The summed E-state index contributed by atoms with van der Waals surface area (Å²) in [5.74, 6) is 0.0458. The largest absolute Gasteiger partial charge is 0.366 e. The predicted molar refractivity (Wildman–Crippen MR) is 123 cm³/mol. The average molecular weight is 436 g/mol. The monoisotopic (exact) mass is 435 g/mol. The van der Waals surface area contributed by atoms with Gasteiger partial charge in [-0.2, -0.15) is 4.98 Å². The number of rotatable bonds is 8. The van der Waals surface area contributed by atoms with Crippen molar-refractivity contribution in [2.75, 3.05) is 10.6 Å². The van der Waals surface area contributed by atoms with Crippen LogP contribution in [0.1, 0.15) is 27.0 Å². The van der Waals surface area contributed by atoms with Crippen molar-refractivity contribution >= 4 is 46.4 Å². The third kappa shape index (κ3) is 5.46. The Bertz CT molecular complexity index is 1180. The second kappa shape index (κ2) is 9.40. The maximum absolute atomic E-state index is 11.9. The van der Waals surface area contributed by atoms with Crippen LogP contribution in [0.3, 0.4) is 0 Å². The number of benzene rings is 2. The Labute approximate surface area is 185 Å². The molecule has 0 aliphatic carbocycles. The van der Waals surface area contributed by atoms with Crippen LogP contribution in [0.15, 0.2) is 55.3 Å². The molecule has 8 heteroatoms. The lowest BCUT2D eigenvalue weighted by Gasteiger charge is -2.14. The Balaban J connectivity index is 1.91. The predicted octanol–water partition coefficient (Wildman–Crippen LogP) is 4.63. The minimum Gasteiger partial charge on any atom is -0.366 e. The third-order valence-electron chi connectivity index (χ3n) is 4.62. The van der Waals surface area contributed by atoms with E-state index in [0.717, 1.165) is 16.7 Å². The number of nitrogens with two attached hydrogens (primary N) is 1. The van der Waals surface area contributed by atoms with E-state index in [-0.39, 0.29) is 18.2 Å². The first-order chi connectivity index (χ1) is 14.8. The normalized spacial score (nSPS) is 10.4. The number of aryl methyl sites for hydroxylation is 2. The molecule has 3 rings (SSSR count). The number of anilines is 4. The summed E-state index contributed by atoms with van der Waals surface area (Å²) in [4.78, 5) is 32.0. The molecule has 0 aliphatic heterocycles. The molecule has 2 aromatic carbocycles. The first-order valence-electron chi connectivity index (χ1n) is 9.48. The second-order valence-electron chi connectivity index (χ2n) is 7.04. The van der Waals surface area contributed by atoms with Crippen LogP contribution in [-0.4, -0.2) is 21.7 Å². The summed E-state index contributed by atoms with van der Waals surface area (Å²) in [5, 5.41) is 6.59. The zero-order chi connectivity index (χ0) is 22.5. The molecule has 0 spiro atoms. The van der Waals surface area contributed by atoms with Gasteiger partial charge in [0.2, 0.25) is 11.9 Å². The first-order valence-corrected chi connectivity index (χ1v) is 9.86. The molecule has 0 saturated carbocycles. The number of aromatic nitrogens is 2. The number of carbonyl (C=O) groups is 2. The molecule has 4 N–H and O–H groups in total. The highest BCUT2D eigenvalue weighted by molar-refractivity contribution is 6.33. The molecule has 0 bridgehead atoms. The quantitative estimate of drug-likeness (QED) is 0.445. The fourth-order valence-electron chi connectivity index (χ4n) is 2.92. The van der Waals surface area contributed by atoms with Crippen LogP contribution >= 0.6 is 11.6 Å². The van der Waals surface area contributed by atoms with E-state index in [9.17, 15) is 9.59 Å². The molecule has 0 fully saturated rings. The van der Waals surface area contributed by atoms with E-state index in [2.05, 4.69) is 27.2 Å². The summed E-state index contributed by atoms with van der Waals surface area (Å²) in [7, 11) is 0. The van der Waals surface area contributed by atoms with Crippen LogP contribution in [0.2, 0.25) is 5.02 Å². The highest BCUT2D eigenvalue weighted by Gasteiger charge is 2.12.